The molecule has 0 bridgehead atoms. The molecule has 2 N–H and O–H groups in total. The van der Waals surface area contributed by atoms with E-state index in [-0.39, 0.29) is 10.5 Å². The zero-order chi connectivity index (χ0) is 21.9. The summed E-state index contributed by atoms with van der Waals surface area (Å²) in [7, 11) is -3.88. The van der Waals surface area contributed by atoms with Gasteiger partial charge in [0.15, 0.2) is 0 Å². The molecule has 0 aliphatic heterocycles. The lowest BCUT2D eigenvalue weighted by Crippen LogP contribution is -2.35. The smallest absolute Gasteiger partial charge is 0.314 e. The Hall–Kier alpha value is -2.06. The molecule has 2 aromatic carbocycles. The van der Waals surface area contributed by atoms with E-state index in [1.54, 1.807) is 6.07 Å². The first kappa shape index (κ1) is 22.6. The van der Waals surface area contributed by atoms with Crippen molar-refractivity contribution >= 4 is 15.7 Å². The Bertz CT molecular complexity index is 973. The van der Waals surface area contributed by atoms with Crippen molar-refractivity contribution in [3.63, 3.8) is 0 Å². The van der Waals surface area contributed by atoms with Crippen molar-refractivity contribution < 1.29 is 21.6 Å². The Balaban J connectivity index is 1.72. The fourth-order valence-electron chi connectivity index (χ4n) is 3.68. The first-order valence-corrected chi connectivity index (χ1v) is 11.6. The van der Waals surface area contributed by atoms with Crippen LogP contribution in [0.1, 0.15) is 49.3 Å². The number of hydrogen-bond acceptors (Lipinski definition) is 3. The van der Waals surface area contributed by atoms with Crippen LogP contribution >= 0.6 is 0 Å². The van der Waals surface area contributed by atoms with Crippen LogP contribution in [0.3, 0.4) is 0 Å². The zero-order valence-corrected chi connectivity index (χ0v) is 17.9. The van der Waals surface area contributed by atoms with E-state index in [0.29, 0.717) is 11.7 Å². The van der Waals surface area contributed by atoms with Gasteiger partial charge >= 0.3 is 6.18 Å². The molecule has 2 aromatic rings. The third-order valence-electron chi connectivity index (χ3n) is 5.55. The van der Waals surface area contributed by atoms with E-state index in [9.17, 15) is 21.6 Å². The van der Waals surface area contributed by atoms with E-state index < -0.39 is 22.1 Å². The molecule has 0 fully saturated rings. The standard InChI is InChI=1S/C22H27F3N2O2S/c1-3-12-26-19-8-4-18-14-20(9-5-17(18)13-19)27-30(28,29)21-10-6-16(7-11-21)15(2)22(23,24)25/h5-7,9-11,14-15,19,26-27H,3-4,8,12-13H2,1-2H3/t15-,19-/m0/s1. The lowest BCUT2D eigenvalue weighted by molar-refractivity contribution is -0.146. The Morgan fingerprint density at radius 2 is 1.80 bits per heavy atom. The Morgan fingerprint density at radius 1 is 1.10 bits per heavy atom. The minimum Gasteiger partial charge on any atom is -0.314 e. The molecule has 4 nitrogen and oxygen atoms in total. The van der Waals surface area contributed by atoms with Gasteiger partial charge in [-0.2, -0.15) is 13.2 Å². The lowest BCUT2D eigenvalue weighted by Gasteiger charge is -2.26. The minimum atomic E-state index is -4.37. The van der Waals surface area contributed by atoms with Gasteiger partial charge in [0.05, 0.1) is 10.8 Å². The van der Waals surface area contributed by atoms with Crippen LogP contribution in [-0.2, 0) is 22.9 Å². The lowest BCUT2D eigenvalue weighted by atomic mass is 9.88. The molecule has 3 rings (SSSR count). The van der Waals surface area contributed by atoms with E-state index in [2.05, 4.69) is 17.0 Å². The summed E-state index contributed by atoms with van der Waals surface area (Å²) in [6, 6.07) is 10.8. The van der Waals surface area contributed by atoms with Crippen molar-refractivity contribution in [3.05, 3.63) is 59.2 Å². The third-order valence-corrected chi connectivity index (χ3v) is 6.95. The fourth-order valence-corrected chi connectivity index (χ4v) is 4.73. The van der Waals surface area contributed by atoms with Crippen molar-refractivity contribution in [2.45, 2.75) is 62.6 Å². The molecule has 0 radical (unpaired) electrons. The summed E-state index contributed by atoms with van der Waals surface area (Å²) >= 11 is 0. The van der Waals surface area contributed by atoms with Crippen LogP contribution in [0.2, 0.25) is 0 Å². The molecule has 8 heteroatoms. The monoisotopic (exact) mass is 440 g/mol. The van der Waals surface area contributed by atoms with E-state index in [1.807, 2.05) is 12.1 Å². The molecule has 0 saturated carbocycles. The highest BCUT2D eigenvalue weighted by Crippen LogP contribution is 2.34. The topological polar surface area (TPSA) is 58.2 Å². The van der Waals surface area contributed by atoms with Gasteiger partial charge in [-0.25, -0.2) is 8.42 Å². The summed E-state index contributed by atoms with van der Waals surface area (Å²) in [5.41, 5.74) is 2.82. The number of fused-ring (bicyclic) bond motifs is 1. The number of hydrogen-bond donors (Lipinski definition) is 2. The normalized spacial score (nSPS) is 18.0. The van der Waals surface area contributed by atoms with Crippen LogP contribution in [-0.4, -0.2) is 27.2 Å². The number of halogens is 3. The first-order valence-electron chi connectivity index (χ1n) is 10.1. The van der Waals surface area contributed by atoms with Gasteiger partial charge in [-0.3, -0.25) is 4.72 Å². The molecule has 0 spiro atoms. The minimum absolute atomic E-state index is 0.0291. The number of nitrogens with one attached hydrogen (secondary N) is 2. The van der Waals surface area contributed by atoms with Crippen LogP contribution < -0.4 is 10.0 Å². The molecular formula is C22H27F3N2O2S. The highest BCUT2D eigenvalue weighted by atomic mass is 32.2. The van der Waals surface area contributed by atoms with Gasteiger partial charge in [0, 0.05) is 11.7 Å². The molecule has 0 saturated heterocycles. The fraction of sp³-hybridized carbons (Fsp3) is 0.455. The summed E-state index contributed by atoms with van der Waals surface area (Å²) in [5, 5.41) is 3.53. The van der Waals surface area contributed by atoms with E-state index in [0.717, 1.165) is 44.7 Å². The predicted octanol–water partition coefficient (Wildman–Crippen LogP) is 5.01. The molecule has 1 aliphatic rings. The quantitative estimate of drug-likeness (QED) is 0.636. The number of sulfonamides is 1. The van der Waals surface area contributed by atoms with Crippen LogP contribution in [0, 0.1) is 0 Å². The summed E-state index contributed by atoms with van der Waals surface area (Å²) in [6.45, 7) is 4.17. The van der Waals surface area contributed by atoms with Crippen molar-refractivity contribution in [2.75, 3.05) is 11.3 Å². The summed E-state index contributed by atoms with van der Waals surface area (Å²) in [5.74, 6) is -1.65. The van der Waals surface area contributed by atoms with E-state index in [4.69, 9.17) is 0 Å². The molecule has 0 aromatic heterocycles. The molecule has 30 heavy (non-hydrogen) atoms. The molecule has 2 atom stereocenters. The molecule has 164 valence electrons. The number of aryl methyl sites for hydroxylation is 1. The third kappa shape index (κ3) is 5.35. The van der Waals surface area contributed by atoms with Crippen LogP contribution in [0.5, 0.6) is 0 Å². The number of alkyl halides is 3. The van der Waals surface area contributed by atoms with Gasteiger partial charge in [-0.05, 0) is 80.1 Å². The molecular weight excluding hydrogens is 413 g/mol. The van der Waals surface area contributed by atoms with Gasteiger partial charge < -0.3 is 5.32 Å². The maximum atomic E-state index is 12.8. The van der Waals surface area contributed by atoms with Crippen molar-refractivity contribution in [1.29, 1.82) is 0 Å². The maximum Gasteiger partial charge on any atom is 0.395 e. The molecule has 0 unspecified atom stereocenters. The van der Waals surface area contributed by atoms with Crippen LogP contribution in [0.25, 0.3) is 0 Å². The maximum absolute atomic E-state index is 12.8. The average Bonchev–Trinajstić information content (AvgIpc) is 2.70. The van der Waals surface area contributed by atoms with Crippen molar-refractivity contribution in [2.24, 2.45) is 0 Å². The number of benzene rings is 2. The van der Waals surface area contributed by atoms with Gasteiger partial charge in [-0.1, -0.05) is 25.1 Å². The highest BCUT2D eigenvalue weighted by molar-refractivity contribution is 7.92. The Morgan fingerprint density at radius 3 is 2.43 bits per heavy atom. The van der Waals surface area contributed by atoms with Crippen molar-refractivity contribution in [1.82, 2.24) is 5.32 Å². The van der Waals surface area contributed by atoms with E-state index in [1.165, 1.54) is 29.8 Å². The zero-order valence-electron chi connectivity index (χ0n) is 17.1. The van der Waals surface area contributed by atoms with Crippen LogP contribution in [0.4, 0.5) is 18.9 Å². The molecule has 0 amide bonds. The van der Waals surface area contributed by atoms with E-state index >= 15 is 0 Å². The second kappa shape index (κ2) is 8.98. The van der Waals surface area contributed by atoms with Gasteiger partial charge in [0.1, 0.15) is 0 Å². The average molecular weight is 441 g/mol. The Kier molecular flexibility index (Phi) is 6.77. The second-order valence-corrected chi connectivity index (χ2v) is 9.50. The van der Waals surface area contributed by atoms with Crippen molar-refractivity contribution in [3.8, 4) is 0 Å². The van der Waals surface area contributed by atoms with Crippen LogP contribution in [0.15, 0.2) is 47.4 Å². The largest absolute Gasteiger partial charge is 0.395 e. The summed E-state index contributed by atoms with van der Waals surface area (Å²) in [6.07, 6.45) is -0.493. The van der Waals surface area contributed by atoms with Gasteiger partial charge in [0.2, 0.25) is 0 Å². The Labute approximate surface area is 175 Å². The number of anilines is 1. The van der Waals surface area contributed by atoms with Gasteiger partial charge in [0.25, 0.3) is 10.0 Å². The molecule has 1 aliphatic carbocycles. The summed E-state index contributed by atoms with van der Waals surface area (Å²) in [4.78, 5) is -0.0674. The second-order valence-electron chi connectivity index (χ2n) is 7.82. The van der Waals surface area contributed by atoms with Gasteiger partial charge in [-0.15, -0.1) is 0 Å². The molecule has 0 heterocycles. The number of rotatable bonds is 7. The highest BCUT2D eigenvalue weighted by Gasteiger charge is 2.37. The predicted molar refractivity (Wildman–Crippen MR) is 112 cm³/mol. The first-order chi connectivity index (χ1) is 14.1. The summed E-state index contributed by atoms with van der Waals surface area (Å²) < 4.78 is 66.4. The SMILES string of the molecule is CCCN[C@H]1CCc2cc(NS(=O)(=O)c3ccc([C@H](C)C(F)(F)F)cc3)ccc2C1.